The molecule has 1 aliphatic heterocycles. The summed E-state index contributed by atoms with van der Waals surface area (Å²) in [6.45, 7) is 6.40. The van der Waals surface area contributed by atoms with E-state index in [9.17, 15) is 10.1 Å². The van der Waals surface area contributed by atoms with Gasteiger partial charge in [0.05, 0.1) is 24.1 Å². The Labute approximate surface area is 170 Å². The highest BCUT2D eigenvalue weighted by Gasteiger charge is 2.20. The maximum Gasteiger partial charge on any atom is 0.274 e. The first-order valence-electron chi connectivity index (χ1n) is 9.77. The summed E-state index contributed by atoms with van der Waals surface area (Å²) in [4.78, 5) is 20.1. The van der Waals surface area contributed by atoms with E-state index in [1.165, 1.54) is 6.07 Å². The molecule has 1 aliphatic rings. The van der Waals surface area contributed by atoms with Crippen molar-refractivity contribution in [1.82, 2.24) is 10.2 Å². The Morgan fingerprint density at radius 1 is 1.17 bits per heavy atom. The van der Waals surface area contributed by atoms with Crippen LogP contribution in [0.1, 0.15) is 12.5 Å². The predicted octanol–water partition coefficient (Wildman–Crippen LogP) is 2.89. The average molecular weight is 397 g/mol. The first-order valence-corrected chi connectivity index (χ1v) is 9.77. The fourth-order valence-corrected chi connectivity index (χ4v) is 3.39. The molecule has 8 heteroatoms. The standard InChI is InChI=1S/C21H27N5O3/c1-3-22-21(23-16-17-7-4-5-10-20(17)26(27)28)25-13-11-24(12-14-25)18-8-6-9-19(15-18)29-2/h4-10,15H,3,11-14,16H2,1-2H3,(H,22,23). The highest BCUT2D eigenvalue weighted by Crippen LogP contribution is 2.22. The minimum Gasteiger partial charge on any atom is -0.497 e. The van der Waals surface area contributed by atoms with E-state index in [1.54, 1.807) is 25.3 Å². The van der Waals surface area contributed by atoms with E-state index in [2.05, 4.69) is 26.2 Å². The molecule has 0 amide bonds. The van der Waals surface area contributed by atoms with E-state index in [0.717, 1.165) is 50.1 Å². The van der Waals surface area contributed by atoms with E-state index in [1.807, 2.05) is 25.1 Å². The number of nitro benzene ring substituents is 1. The van der Waals surface area contributed by atoms with Crippen molar-refractivity contribution in [1.29, 1.82) is 0 Å². The third-order valence-electron chi connectivity index (χ3n) is 4.92. The third kappa shape index (κ3) is 5.16. The van der Waals surface area contributed by atoms with Gasteiger partial charge in [0.25, 0.3) is 5.69 Å². The van der Waals surface area contributed by atoms with Gasteiger partial charge in [0.2, 0.25) is 0 Å². The molecule has 0 aromatic heterocycles. The minimum absolute atomic E-state index is 0.106. The molecule has 29 heavy (non-hydrogen) atoms. The van der Waals surface area contributed by atoms with Crippen molar-refractivity contribution < 1.29 is 9.66 Å². The zero-order valence-corrected chi connectivity index (χ0v) is 16.9. The van der Waals surface area contributed by atoms with Crippen molar-refractivity contribution >= 4 is 17.3 Å². The molecule has 1 saturated heterocycles. The molecule has 1 N–H and O–H groups in total. The number of hydrogen-bond acceptors (Lipinski definition) is 5. The van der Waals surface area contributed by atoms with Crippen LogP contribution in [0.3, 0.4) is 0 Å². The molecule has 0 spiro atoms. The largest absolute Gasteiger partial charge is 0.497 e. The highest BCUT2D eigenvalue weighted by atomic mass is 16.6. The number of nitro groups is 1. The number of hydrogen-bond donors (Lipinski definition) is 1. The summed E-state index contributed by atoms with van der Waals surface area (Å²) in [5.41, 5.74) is 1.86. The second kappa shape index (κ2) is 9.77. The van der Waals surface area contributed by atoms with Gasteiger partial charge in [-0.3, -0.25) is 10.1 Å². The van der Waals surface area contributed by atoms with E-state index in [4.69, 9.17) is 4.74 Å². The zero-order chi connectivity index (χ0) is 20.6. The number of aliphatic imine (C=N–C) groups is 1. The van der Waals surface area contributed by atoms with Crippen LogP contribution in [0.15, 0.2) is 53.5 Å². The quantitative estimate of drug-likeness (QED) is 0.349. The maximum absolute atomic E-state index is 11.2. The summed E-state index contributed by atoms with van der Waals surface area (Å²) < 4.78 is 5.32. The fraction of sp³-hybridized carbons (Fsp3) is 0.381. The molecule has 1 fully saturated rings. The topological polar surface area (TPSA) is 83.2 Å². The number of benzene rings is 2. The number of guanidine groups is 1. The van der Waals surface area contributed by atoms with Gasteiger partial charge in [0.1, 0.15) is 5.75 Å². The van der Waals surface area contributed by atoms with Gasteiger partial charge < -0.3 is 19.9 Å². The lowest BCUT2D eigenvalue weighted by Crippen LogP contribution is -2.52. The van der Waals surface area contributed by atoms with Gasteiger partial charge in [0, 0.05) is 50.5 Å². The molecule has 0 unspecified atom stereocenters. The van der Waals surface area contributed by atoms with Crippen LogP contribution in [0.25, 0.3) is 0 Å². The Bertz CT molecular complexity index is 863. The molecule has 8 nitrogen and oxygen atoms in total. The van der Waals surface area contributed by atoms with E-state index in [0.29, 0.717) is 5.56 Å². The van der Waals surface area contributed by atoms with Crippen molar-refractivity contribution in [3.8, 4) is 5.75 Å². The molecule has 0 saturated carbocycles. The van der Waals surface area contributed by atoms with Crippen molar-refractivity contribution in [2.45, 2.75) is 13.5 Å². The lowest BCUT2D eigenvalue weighted by atomic mass is 10.2. The predicted molar refractivity (Wildman–Crippen MR) is 115 cm³/mol. The first kappa shape index (κ1) is 20.4. The van der Waals surface area contributed by atoms with Gasteiger partial charge in [-0.1, -0.05) is 24.3 Å². The molecule has 0 bridgehead atoms. The molecule has 1 heterocycles. The van der Waals surface area contributed by atoms with E-state index in [-0.39, 0.29) is 17.2 Å². The summed E-state index contributed by atoms with van der Waals surface area (Å²) in [5, 5.41) is 14.5. The molecule has 2 aromatic rings. The van der Waals surface area contributed by atoms with Crippen molar-refractivity contribution in [2.75, 3.05) is 44.7 Å². The highest BCUT2D eigenvalue weighted by molar-refractivity contribution is 5.80. The summed E-state index contributed by atoms with van der Waals surface area (Å²) in [7, 11) is 1.67. The van der Waals surface area contributed by atoms with Gasteiger partial charge in [-0.15, -0.1) is 0 Å². The van der Waals surface area contributed by atoms with Gasteiger partial charge >= 0.3 is 0 Å². The Balaban J connectivity index is 1.67. The summed E-state index contributed by atoms with van der Waals surface area (Å²) in [6.07, 6.45) is 0. The number of nitrogens with zero attached hydrogens (tertiary/aromatic N) is 4. The minimum atomic E-state index is -0.356. The van der Waals surface area contributed by atoms with Gasteiger partial charge in [-0.25, -0.2) is 4.99 Å². The van der Waals surface area contributed by atoms with Crippen LogP contribution in [-0.4, -0.2) is 55.6 Å². The number of piperazine rings is 1. The fourth-order valence-electron chi connectivity index (χ4n) is 3.39. The molecular weight excluding hydrogens is 370 g/mol. The molecular formula is C21H27N5O3. The molecule has 0 aliphatic carbocycles. The molecule has 0 radical (unpaired) electrons. The van der Waals surface area contributed by atoms with Gasteiger partial charge in [-0.05, 0) is 19.1 Å². The number of ether oxygens (including phenoxy) is 1. The lowest BCUT2D eigenvalue weighted by molar-refractivity contribution is -0.385. The Hall–Kier alpha value is -3.29. The van der Waals surface area contributed by atoms with Crippen LogP contribution in [-0.2, 0) is 6.54 Å². The van der Waals surface area contributed by atoms with Crippen LogP contribution in [0.4, 0.5) is 11.4 Å². The second-order valence-corrected chi connectivity index (χ2v) is 6.73. The van der Waals surface area contributed by atoms with Crippen LogP contribution in [0.5, 0.6) is 5.75 Å². The molecule has 0 atom stereocenters. The third-order valence-corrected chi connectivity index (χ3v) is 4.92. The molecule has 2 aromatic carbocycles. The van der Waals surface area contributed by atoms with Crippen LogP contribution < -0.4 is 15.0 Å². The van der Waals surface area contributed by atoms with Crippen molar-refractivity contribution in [2.24, 2.45) is 4.99 Å². The molecule has 3 rings (SSSR count). The van der Waals surface area contributed by atoms with Gasteiger partial charge in [0.15, 0.2) is 5.96 Å². The van der Waals surface area contributed by atoms with Crippen LogP contribution in [0.2, 0.25) is 0 Å². The van der Waals surface area contributed by atoms with Crippen molar-refractivity contribution in [3.05, 3.63) is 64.2 Å². The monoisotopic (exact) mass is 397 g/mol. The van der Waals surface area contributed by atoms with E-state index >= 15 is 0 Å². The second-order valence-electron chi connectivity index (χ2n) is 6.73. The Kier molecular flexibility index (Phi) is 6.89. The zero-order valence-electron chi connectivity index (χ0n) is 16.9. The first-order chi connectivity index (χ1) is 14.1. The van der Waals surface area contributed by atoms with Crippen LogP contribution >= 0.6 is 0 Å². The Morgan fingerprint density at radius 3 is 2.62 bits per heavy atom. The van der Waals surface area contributed by atoms with Gasteiger partial charge in [-0.2, -0.15) is 0 Å². The number of nitrogens with one attached hydrogen (secondary N) is 1. The normalized spacial score (nSPS) is 14.6. The smallest absolute Gasteiger partial charge is 0.274 e. The number of methoxy groups -OCH3 is 1. The average Bonchev–Trinajstić information content (AvgIpc) is 2.77. The number of anilines is 1. The number of rotatable bonds is 6. The summed E-state index contributed by atoms with van der Waals surface area (Å²) >= 11 is 0. The SMILES string of the molecule is CCNC(=NCc1ccccc1[N+](=O)[O-])N1CCN(c2cccc(OC)c2)CC1. The maximum atomic E-state index is 11.2. The molecule has 154 valence electrons. The summed E-state index contributed by atoms with van der Waals surface area (Å²) in [6, 6.07) is 14.8. The Morgan fingerprint density at radius 2 is 1.93 bits per heavy atom. The van der Waals surface area contributed by atoms with Crippen LogP contribution in [0, 0.1) is 10.1 Å². The van der Waals surface area contributed by atoms with E-state index < -0.39 is 0 Å². The lowest BCUT2D eigenvalue weighted by Gasteiger charge is -2.37. The van der Waals surface area contributed by atoms with Crippen molar-refractivity contribution in [3.63, 3.8) is 0 Å². The summed E-state index contributed by atoms with van der Waals surface area (Å²) in [5.74, 6) is 1.64. The number of para-hydroxylation sites is 1.